The summed E-state index contributed by atoms with van der Waals surface area (Å²) in [4.78, 5) is 0. The Morgan fingerprint density at radius 1 is 1.56 bits per heavy atom. The maximum atomic E-state index is 8.70. The average Bonchev–Trinajstić information content (AvgIpc) is 2.78. The van der Waals surface area contributed by atoms with Gasteiger partial charge in [-0.3, -0.25) is 0 Å². The molecule has 86 valence electrons. The molecule has 5 nitrogen and oxygen atoms in total. The average molecular weight is 219 g/mol. The molecule has 1 aliphatic carbocycles. The quantitative estimate of drug-likeness (QED) is 0.829. The monoisotopic (exact) mass is 219 g/mol. The van der Waals surface area contributed by atoms with Crippen LogP contribution in [0.4, 0.5) is 0 Å². The molecule has 0 spiro atoms. The lowest BCUT2D eigenvalue weighted by Gasteiger charge is -2.28. The van der Waals surface area contributed by atoms with Gasteiger partial charge in [0.15, 0.2) is 5.69 Å². The molecule has 2 rings (SSSR count). The molecule has 1 aromatic heterocycles. The van der Waals surface area contributed by atoms with Gasteiger partial charge in [-0.2, -0.15) is 5.26 Å². The van der Waals surface area contributed by atoms with Crippen LogP contribution in [0.15, 0.2) is 6.20 Å². The van der Waals surface area contributed by atoms with E-state index in [0.29, 0.717) is 17.7 Å². The van der Waals surface area contributed by atoms with Gasteiger partial charge in [-0.1, -0.05) is 18.1 Å². The molecular formula is C11H17N5. The lowest BCUT2D eigenvalue weighted by Crippen LogP contribution is -2.21. The highest BCUT2D eigenvalue weighted by molar-refractivity contribution is 5.13. The molecule has 2 atom stereocenters. The van der Waals surface area contributed by atoms with E-state index in [4.69, 9.17) is 11.0 Å². The number of nitrogens with two attached hydrogens (primary N) is 1. The Balaban J connectivity index is 2.01. The highest BCUT2D eigenvalue weighted by Crippen LogP contribution is 2.33. The van der Waals surface area contributed by atoms with Gasteiger partial charge in [0.2, 0.25) is 0 Å². The maximum absolute atomic E-state index is 8.70. The lowest BCUT2D eigenvalue weighted by molar-refractivity contribution is 0.242. The van der Waals surface area contributed by atoms with Gasteiger partial charge >= 0.3 is 0 Å². The van der Waals surface area contributed by atoms with Crippen LogP contribution in [0.25, 0.3) is 0 Å². The van der Waals surface area contributed by atoms with Crippen LogP contribution in [0.1, 0.15) is 43.8 Å². The molecule has 2 N–H and O–H groups in total. The number of hydrogen-bond acceptors (Lipinski definition) is 4. The lowest BCUT2D eigenvalue weighted by atomic mass is 9.84. The van der Waals surface area contributed by atoms with Gasteiger partial charge in [0.05, 0.1) is 12.2 Å². The van der Waals surface area contributed by atoms with Gasteiger partial charge < -0.3 is 5.73 Å². The Morgan fingerprint density at radius 3 is 3.12 bits per heavy atom. The first-order valence-corrected chi connectivity index (χ1v) is 5.85. The van der Waals surface area contributed by atoms with Crippen molar-refractivity contribution in [2.75, 3.05) is 6.54 Å². The second-order valence-corrected chi connectivity index (χ2v) is 4.46. The van der Waals surface area contributed by atoms with E-state index in [9.17, 15) is 0 Å². The second kappa shape index (κ2) is 5.08. The number of hydrogen-bond donors (Lipinski definition) is 1. The van der Waals surface area contributed by atoms with Crippen LogP contribution in [0.2, 0.25) is 0 Å². The van der Waals surface area contributed by atoms with Gasteiger partial charge in [-0.05, 0) is 31.7 Å². The van der Waals surface area contributed by atoms with Gasteiger partial charge in [-0.15, -0.1) is 5.10 Å². The zero-order valence-electron chi connectivity index (χ0n) is 9.34. The van der Waals surface area contributed by atoms with E-state index < -0.39 is 0 Å². The van der Waals surface area contributed by atoms with Crippen molar-refractivity contribution >= 4 is 0 Å². The molecular weight excluding hydrogens is 202 g/mol. The largest absolute Gasteiger partial charge is 0.330 e. The molecule has 2 unspecified atom stereocenters. The van der Waals surface area contributed by atoms with Crippen LogP contribution in [-0.2, 0) is 0 Å². The van der Waals surface area contributed by atoms with Crippen molar-refractivity contribution in [2.45, 2.75) is 38.1 Å². The van der Waals surface area contributed by atoms with Crippen LogP contribution >= 0.6 is 0 Å². The Bertz CT molecular complexity index is 376. The smallest absolute Gasteiger partial charge is 0.182 e. The molecule has 1 saturated carbocycles. The summed E-state index contributed by atoms with van der Waals surface area (Å²) in [5.74, 6) is 0.707. The van der Waals surface area contributed by atoms with Gasteiger partial charge in [0.1, 0.15) is 6.07 Å². The molecule has 16 heavy (non-hydrogen) atoms. The Morgan fingerprint density at radius 2 is 2.44 bits per heavy atom. The third-order valence-electron chi connectivity index (χ3n) is 3.33. The van der Waals surface area contributed by atoms with Crippen LogP contribution < -0.4 is 5.73 Å². The summed E-state index contributed by atoms with van der Waals surface area (Å²) >= 11 is 0. The highest BCUT2D eigenvalue weighted by Gasteiger charge is 2.23. The predicted octanol–water partition coefficient (Wildman–Crippen LogP) is 1.23. The SMILES string of the molecule is N#Cc1cn(C2CCCC(CCN)C2)nn1. The molecule has 1 fully saturated rings. The molecule has 0 bridgehead atoms. The molecule has 5 heteroatoms. The molecule has 1 aromatic rings. The first-order chi connectivity index (χ1) is 7.83. The molecule has 0 amide bonds. The minimum atomic E-state index is 0.403. The van der Waals surface area contributed by atoms with Crippen molar-refractivity contribution in [1.82, 2.24) is 15.0 Å². The van der Waals surface area contributed by atoms with E-state index >= 15 is 0 Å². The summed E-state index contributed by atoms with van der Waals surface area (Å²) in [6.07, 6.45) is 7.58. The van der Waals surface area contributed by atoms with Gasteiger partial charge in [0.25, 0.3) is 0 Å². The Labute approximate surface area is 95.2 Å². The van der Waals surface area contributed by atoms with Crippen molar-refractivity contribution in [3.8, 4) is 6.07 Å². The first-order valence-electron chi connectivity index (χ1n) is 5.85. The zero-order chi connectivity index (χ0) is 11.4. The van der Waals surface area contributed by atoms with Crippen LogP contribution in [-0.4, -0.2) is 21.5 Å². The van der Waals surface area contributed by atoms with Crippen LogP contribution in [0.5, 0.6) is 0 Å². The summed E-state index contributed by atoms with van der Waals surface area (Å²) in [6, 6.07) is 2.41. The molecule has 1 aliphatic rings. The minimum absolute atomic E-state index is 0.403. The highest BCUT2D eigenvalue weighted by atomic mass is 15.4. The third kappa shape index (κ3) is 2.39. The van der Waals surface area contributed by atoms with Crippen molar-refractivity contribution in [1.29, 1.82) is 5.26 Å². The first kappa shape index (κ1) is 11.1. The van der Waals surface area contributed by atoms with Crippen molar-refractivity contribution in [3.05, 3.63) is 11.9 Å². The molecule has 1 heterocycles. The second-order valence-electron chi connectivity index (χ2n) is 4.46. The van der Waals surface area contributed by atoms with Gasteiger partial charge in [0, 0.05) is 0 Å². The predicted molar refractivity (Wildman–Crippen MR) is 59.4 cm³/mol. The minimum Gasteiger partial charge on any atom is -0.330 e. The summed E-state index contributed by atoms with van der Waals surface area (Å²) < 4.78 is 1.85. The van der Waals surface area contributed by atoms with Gasteiger partial charge in [-0.25, -0.2) is 4.68 Å². The van der Waals surface area contributed by atoms with E-state index in [0.717, 1.165) is 25.8 Å². The van der Waals surface area contributed by atoms with Crippen molar-refractivity contribution in [3.63, 3.8) is 0 Å². The van der Waals surface area contributed by atoms with E-state index in [1.165, 1.54) is 12.8 Å². The molecule has 0 radical (unpaired) electrons. The number of rotatable bonds is 3. The van der Waals surface area contributed by atoms with E-state index in [2.05, 4.69) is 10.3 Å². The Kier molecular flexibility index (Phi) is 3.52. The zero-order valence-corrected chi connectivity index (χ0v) is 9.34. The number of nitrogens with zero attached hydrogens (tertiary/aromatic N) is 4. The molecule has 0 aliphatic heterocycles. The van der Waals surface area contributed by atoms with E-state index in [1.54, 1.807) is 6.20 Å². The fourth-order valence-corrected chi connectivity index (χ4v) is 2.51. The summed E-state index contributed by atoms with van der Waals surface area (Å²) in [6.45, 7) is 0.762. The maximum Gasteiger partial charge on any atom is 0.182 e. The van der Waals surface area contributed by atoms with Crippen LogP contribution in [0, 0.1) is 17.2 Å². The summed E-state index contributed by atoms with van der Waals surface area (Å²) in [5, 5.41) is 16.5. The fourth-order valence-electron chi connectivity index (χ4n) is 2.51. The molecule has 0 saturated heterocycles. The van der Waals surface area contributed by atoms with E-state index in [1.807, 2.05) is 10.8 Å². The summed E-state index contributed by atoms with van der Waals surface area (Å²) in [5.41, 5.74) is 5.99. The Hall–Kier alpha value is -1.41. The topological polar surface area (TPSA) is 80.5 Å². The van der Waals surface area contributed by atoms with Crippen molar-refractivity contribution in [2.24, 2.45) is 11.7 Å². The fraction of sp³-hybridized carbons (Fsp3) is 0.727. The van der Waals surface area contributed by atoms with Crippen LogP contribution in [0.3, 0.4) is 0 Å². The summed E-state index contributed by atoms with van der Waals surface area (Å²) in [7, 11) is 0. The van der Waals surface area contributed by atoms with E-state index in [-0.39, 0.29) is 0 Å². The van der Waals surface area contributed by atoms with Crippen molar-refractivity contribution < 1.29 is 0 Å². The third-order valence-corrected chi connectivity index (χ3v) is 3.33. The standard InChI is InChI=1S/C11H17N5/c12-5-4-9-2-1-3-11(6-9)16-8-10(7-13)14-15-16/h8-9,11H,1-6,12H2. The number of nitriles is 1. The number of aromatic nitrogens is 3. The normalized spacial score (nSPS) is 25.2. The molecule has 0 aromatic carbocycles.